The van der Waals surface area contributed by atoms with Crippen molar-refractivity contribution in [3.63, 3.8) is 0 Å². The van der Waals surface area contributed by atoms with Crippen molar-refractivity contribution >= 4 is 39.4 Å². The van der Waals surface area contributed by atoms with E-state index in [0.29, 0.717) is 21.9 Å². The van der Waals surface area contributed by atoms with Crippen LogP contribution in [0.2, 0.25) is 5.02 Å². The zero-order chi connectivity index (χ0) is 17.6. The second kappa shape index (κ2) is 5.90. The van der Waals surface area contributed by atoms with Crippen LogP contribution >= 0.6 is 11.6 Å². The Hall–Kier alpha value is -2.85. The van der Waals surface area contributed by atoms with E-state index in [4.69, 9.17) is 20.8 Å². The van der Waals surface area contributed by atoms with Gasteiger partial charge in [0.15, 0.2) is 5.76 Å². The fraction of sp³-hybridized carbons (Fsp3) is 0.100. The van der Waals surface area contributed by atoms with Crippen molar-refractivity contribution < 1.29 is 13.9 Å². The Morgan fingerprint density at radius 2 is 1.92 bits per heavy atom. The van der Waals surface area contributed by atoms with Gasteiger partial charge < -0.3 is 9.15 Å². The van der Waals surface area contributed by atoms with Crippen LogP contribution in [0.1, 0.15) is 15.9 Å². The summed E-state index contributed by atoms with van der Waals surface area (Å²) in [7, 11) is 1.37. The van der Waals surface area contributed by atoms with Crippen molar-refractivity contribution in [2.24, 2.45) is 0 Å². The fourth-order valence-corrected chi connectivity index (χ4v) is 3.09. The molecule has 0 unspecified atom stereocenters. The molecule has 0 amide bonds. The third-order valence-corrected chi connectivity index (χ3v) is 4.48. The van der Waals surface area contributed by atoms with Crippen LogP contribution in [-0.2, 0) is 4.74 Å². The number of benzene rings is 2. The summed E-state index contributed by atoms with van der Waals surface area (Å²) in [6, 6.07) is 14.7. The second-order valence-corrected chi connectivity index (χ2v) is 6.23. The van der Waals surface area contributed by atoms with Gasteiger partial charge in [0.25, 0.3) is 0 Å². The summed E-state index contributed by atoms with van der Waals surface area (Å²) < 4.78 is 10.8. The molecule has 0 aliphatic carbocycles. The van der Waals surface area contributed by atoms with E-state index >= 15 is 0 Å². The van der Waals surface area contributed by atoms with Crippen LogP contribution in [0.5, 0.6) is 0 Å². The maximum atomic E-state index is 11.7. The molecule has 0 radical (unpaired) electrons. The Morgan fingerprint density at radius 3 is 2.72 bits per heavy atom. The number of carbonyl (C=O) groups is 1. The summed E-state index contributed by atoms with van der Waals surface area (Å²) in [6.07, 6.45) is 0. The molecule has 2 aromatic heterocycles. The highest BCUT2D eigenvalue weighted by Gasteiger charge is 2.16. The monoisotopic (exact) mass is 351 g/mol. The van der Waals surface area contributed by atoms with Crippen LogP contribution in [0.4, 0.5) is 0 Å². The molecule has 2 heterocycles. The number of ether oxygens (including phenoxy) is 1. The number of furan rings is 1. The average Bonchev–Trinajstić information content (AvgIpc) is 2.96. The van der Waals surface area contributed by atoms with E-state index in [1.54, 1.807) is 18.2 Å². The number of fused-ring (bicyclic) bond motifs is 2. The van der Waals surface area contributed by atoms with Gasteiger partial charge in [-0.2, -0.15) is 0 Å². The standard InChI is InChI=1S/C20H14ClNO3/c1-11-15-9-13(20(23)24-2)5-8-18(15)25-19(11)16-7-4-12-3-6-14(21)10-17(12)22-16/h3-10H,1-2H3. The molecule has 0 bridgehead atoms. The second-order valence-electron chi connectivity index (χ2n) is 5.79. The van der Waals surface area contributed by atoms with Crippen molar-refractivity contribution in [2.75, 3.05) is 7.11 Å². The molecule has 124 valence electrons. The molecule has 25 heavy (non-hydrogen) atoms. The Morgan fingerprint density at radius 1 is 1.12 bits per heavy atom. The van der Waals surface area contributed by atoms with Crippen LogP contribution in [0.25, 0.3) is 33.3 Å². The summed E-state index contributed by atoms with van der Waals surface area (Å²) in [6.45, 7) is 1.95. The molecule has 0 N–H and O–H groups in total. The average molecular weight is 352 g/mol. The Balaban J connectivity index is 1.89. The third-order valence-electron chi connectivity index (χ3n) is 4.24. The van der Waals surface area contributed by atoms with Gasteiger partial charge in [-0.15, -0.1) is 0 Å². The van der Waals surface area contributed by atoms with Gasteiger partial charge in [0, 0.05) is 21.4 Å². The predicted octanol–water partition coefficient (Wildman–Crippen LogP) is 5.40. The van der Waals surface area contributed by atoms with Gasteiger partial charge in [-0.1, -0.05) is 23.7 Å². The van der Waals surface area contributed by atoms with Crippen molar-refractivity contribution in [1.29, 1.82) is 0 Å². The van der Waals surface area contributed by atoms with Crippen molar-refractivity contribution in [1.82, 2.24) is 4.98 Å². The van der Waals surface area contributed by atoms with Gasteiger partial charge in [0.1, 0.15) is 11.3 Å². The fourth-order valence-electron chi connectivity index (χ4n) is 2.93. The molecule has 2 aromatic carbocycles. The minimum atomic E-state index is -0.373. The van der Waals surface area contributed by atoms with E-state index in [1.807, 2.05) is 37.3 Å². The number of aromatic nitrogens is 1. The molecule has 0 atom stereocenters. The van der Waals surface area contributed by atoms with E-state index in [0.717, 1.165) is 27.5 Å². The van der Waals surface area contributed by atoms with Crippen molar-refractivity contribution in [2.45, 2.75) is 6.92 Å². The summed E-state index contributed by atoms with van der Waals surface area (Å²) in [5.41, 5.74) is 3.65. The number of rotatable bonds is 2. The lowest BCUT2D eigenvalue weighted by Crippen LogP contribution is -2.00. The highest BCUT2D eigenvalue weighted by Crippen LogP contribution is 2.33. The number of aryl methyl sites for hydroxylation is 1. The number of halogens is 1. The van der Waals surface area contributed by atoms with Gasteiger partial charge in [-0.25, -0.2) is 9.78 Å². The number of esters is 1. The number of carbonyl (C=O) groups excluding carboxylic acids is 1. The number of pyridine rings is 1. The quantitative estimate of drug-likeness (QED) is 0.454. The SMILES string of the molecule is COC(=O)c1ccc2oc(-c3ccc4ccc(Cl)cc4n3)c(C)c2c1. The number of hydrogen-bond donors (Lipinski definition) is 0. The van der Waals surface area contributed by atoms with Gasteiger partial charge in [0.05, 0.1) is 18.2 Å². The topological polar surface area (TPSA) is 52.3 Å². The number of methoxy groups -OCH3 is 1. The van der Waals surface area contributed by atoms with Gasteiger partial charge >= 0.3 is 5.97 Å². The molecule has 0 saturated carbocycles. The largest absolute Gasteiger partial charge is 0.465 e. The molecule has 4 nitrogen and oxygen atoms in total. The normalized spacial score (nSPS) is 11.2. The number of hydrogen-bond acceptors (Lipinski definition) is 4. The van der Waals surface area contributed by atoms with E-state index in [1.165, 1.54) is 7.11 Å². The summed E-state index contributed by atoms with van der Waals surface area (Å²) in [4.78, 5) is 16.4. The van der Waals surface area contributed by atoms with Crippen LogP contribution in [0.3, 0.4) is 0 Å². The third kappa shape index (κ3) is 2.65. The first-order valence-corrected chi connectivity index (χ1v) is 8.13. The molecule has 0 fully saturated rings. The highest BCUT2D eigenvalue weighted by atomic mass is 35.5. The highest BCUT2D eigenvalue weighted by molar-refractivity contribution is 6.31. The predicted molar refractivity (Wildman–Crippen MR) is 98.0 cm³/mol. The van der Waals surface area contributed by atoms with Gasteiger partial charge in [-0.3, -0.25) is 0 Å². The van der Waals surface area contributed by atoms with Gasteiger partial charge in [-0.05, 0) is 43.3 Å². The minimum absolute atomic E-state index is 0.373. The minimum Gasteiger partial charge on any atom is -0.465 e. The zero-order valence-corrected chi connectivity index (χ0v) is 14.4. The molecule has 5 heteroatoms. The lowest BCUT2D eigenvalue weighted by Gasteiger charge is -2.02. The van der Waals surface area contributed by atoms with Crippen LogP contribution in [-0.4, -0.2) is 18.1 Å². The molecule has 4 rings (SSSR count). The maximum absolute atomic E-state index is 11.7. The Bertz CT molecular complexity index is 1130. The van der Waals surface area contributed by atoms with E-state index in [9.17, 15) is 4.79 Å². The molecular formula is C20H14ClNO3. The number of nitrogens with zero attached hydrogens (tertiary/aromatic N) is 1. The summed E-state index contributed by atoms with van der Waals surface area (Å²) >= 11 is 6.07. The first-order valence-electron chi connectivity index (χ1n) is 7.75. The van der Waals surface area contributed by atoms with E-state index in [-0.39, 0.29) is 5.97 Å². The zero-order valence-electron chi connectivity index (χ0n) is 13.7. The lowest BCUT2D eigenvalue weighted by molar-refractivity contribution is 0.0601. The maximum Gasteiger partial charge on any atom is 0.337 e. The van der Waals surface area contributed by atoms with Crippen molar-refractivity contribution in [3.05, 3.63) is 64.7 Å². The lowest BCUT2D eigenvalue weighted by atomic mass is 10.1. The van der Waals surface area contributed by atoms with Crippen LogP contribution < -0.4 is 0 Å². The molecular weight excluding hydrogens is 338 g/mol. The first kappa shape index (κ1) is 15.7. The molecule has 0 aliphatic heterocycles. The molecule has 0 spiro atoms. The van der Waals surface area contributed by atoms with Crippen LogP contribution in [0, 0.1) is 6.92 Å². The smallest absolute Gasteiger partial charge is 0.337 e. The summed E-state index contributed by atoms with van der Waals surface area (Å²) in [5.74, 6) is 0.307. The van der Waals surface area contributed by atoms with E-state index < -0.39 is 0 Å². The molecule has 4 aromatic rings. The van der Waals surface area contributed by atoms with Gasteiger partial charge in [0.2, 0.25) is 0 Å². The Kier molecular flexibility index (Phi) is 3.70. The first-order chi connectivity index (χ1) is 12.1. The van der Waals surface area contributed by atoms with E-state index in [2.05, 4.69) is 4.98 Å². The molecule has 0 aliphatic rings. The van der Waals surface area contributed by atoms with Crippen molar-refractivity contribution in [3.8, 4) is 11.5 Å². The molecule has 0 saturated heterocycles. The summed E-state index contributed by atoms with van der Waals surface area (Å²) in [5, 5.41) is 2.52. The van der Waals surface area contributed by atoms with Crippen LogP contribution in [0.15, 0.2) is 52.9 Å². The Labute approximate surface area is 149 Å².